The van der Waals surface area contributed by atoms with Crippen molar-refractivity contribution < 1.29 is 9.21 Å². The zero-order valence-electron chi connectivity index (χ0n) is 14.0. The van der Waals surface area contributed by atoms with Gasteiger partial charge < -0.3 is 15.5 Å². The molecule has 0 aliphatic heterocycles. The highest BCUT2D eigenvalue weighted by molar-refractivity contribution is 5.93. The number of rotatable bonds is 3. The molecule has 0 spiro atoms. The predicted molar refractivity (Wildman–Crippen MR) is 97.2 cm³/mol. The lowest BCUT2D eigenvalue weighted by molar-refractivity contribution is -0.120. The minimum atomic E-state index is 0. The average Bonchev–Trinajstić information content (AvgIpc) is 2.87. The van der Waals surface area contributed by atoms with E-state index in [0.717, 1.165) is 48.4 Å². The van der Waals surface area contributed by atoms with Crippen LogP contribution >= 0.6 is 12.4 Å². The summed E-state index contributed by atoms with van der Waals surface area (Å²) in [6, 6.07) is 7.74. The molecule has 130 valence electrons. The second-order valence-corrected chi connectivity index (χ2v) is 6.35. The van der Waals surface area contributed by atoms with Gasteiger partial charge in [0.05, 0.1) is 5.69 Å². The van der Waals surface area contributed by atoms with Crippen molar-refractivity contribution in [1.82, 2.24) is 4.98 Å². The van der Waals surface area contributed by atoms with E-state index in [4.69, 9.17) is 10.2 Å². The minimum Gasteiger partial charge on any atom is -0.441 e. The van der Waals surface area contributed by atoms with Crippen LogP contribution in [0.3, 0.4) is 0 Å². The molecule has 2 unspecified atom stereocenters. The number of oxazole rings is 1. The second-order valence-electron chi connectivity index (χ2n) is 6.35. The largest absolute Gasteiger partial charge is 0.441 e. The SMILES string of the molecule is Cc1nc(-c2cccc(NC(=O)C3CCCC(N)C3)c2)oc1C.Cl. The summed E-state index contributed by atoms with van der Waals surface area (Å²) in [5.41, 5.74) is 8.48. The van der Waals surface area contributed by atoms with Crippen LogP contribution in [0.15, 0.2) is 28.7 Å². The lowest BCUT2D eigenvalue weighted by atomic mass is 9.85. The van der Waals surface area contributed by atoms with Crippen molar-refractivity contribution in [3.63, 3.8) is 0 Å². The molecule has 1 aliphatic carbocycles. The number of nitrogens with two attached hydrogens (primary N) is 1. The number of anilines is 1. The fraction of sp³-hybridized carbons (Fsp3) is 0.444. The van der Waals surface area contributed by atoms with E-state index in [1.165, 1.54) is 0 Å². The van der Waals surface area contributed by atoms with E-state index in [-0.39, 0.29) is 30.3 Å². The molecule has 24 heavy (non-hydrogen) atoms. The van der Waals surface area contributed by atoms with Crippen LogP contribution in [0.5, 0.6) is 0 Å². The van der Waals surface area contributed by atoms with E-state index >= 15 is 0 Å². The highest BCUT2D eigenvalue weighted by Gasteiger charge is 2.25. The topological polar surface area (TPSA) is 81.2 Å². The zero-order valence-corrected chi connectivity index (χ0v) is 14.9. The average molecular weight is 350 g/mol. The molecule has 2 aromatic rings. The Bertz CT molecular complexity index is 695. The summed E-state index contributed by atoms with van der Waals surface area (Å²) >= 11 is 0. The van der Waals surface area contributed by atoms with E-state index < -0.39 is 0 Å². The molecule has 0 radical (unpaired) electrons. The maximum atomic E-state index is 12.4. The van der Waals surface area contributed by atoms with Gasteiger partial charge in [-0.1, -0.05) is 12.5 Å². The zero-order chi connectivity index (χ0) is 16.4. The molecule has 1 amide bonds. The van der Waals surface area contributed by atoms with Crippen LogP contribution < -0.4 is 11.1 Å². The van der Waals surface area contributed by atoms with Crippen LogP contribution in [0.4, 0.5) is 5.69 Å². The van der Waals surface area contributed by atoms with Crippen molar-refractivity contribution >= 4 is 24.0 Å². The fourth-order valence-corrected chi connectivity index (χ4v) is 3.04. The molecule has 1 heterocycles. The standard InChI is InChI=1S/C18H23N3O2.ClH/c1-11-12(2)23-18(20-11)14-6-4-8-16(10-14)21-17(22)13-5-3-7-15(19)9-13;/h4,6,8,10,13,15H,3,5,7,9,19H2,1-2H3,(H,21,22);1H. The number of aryl methyl sites for hydroxylation is 2. The Kier molecular flexibility index (Phi) is 6.02. The Hall–Kier alpha value is -1.85. The van der Waals surface area contributed by atoms with Crippen LogP contribution in [-0.4, -0.2) is 16.9 Å². The first kappa shape index (κ1) is 18.5. The lowest BCUT2D eigenvalue weighted by Gasteiger charge is -2.25. The van der Waals surface area contributed by atoms with Crippen LogP contribution in [0.1, 0.15) is 37.1 Å². The number of halogens is 1. The molecule has 1 fully saturated rings. The Labute approximate surface area is 148 Å². The summed E-state index contributed by atoms with van der Waals surface area (Å²) in [4.78, 5) is 16.8. The number of amides is 1. The third-order valence-corrected chi connectivity index (χ3v) is 4.49. The highest BCUT2D eigenvalue weighted by Crippen LogP contribution is 2.27. The number of hydrogen-bond donors (Lipinski definition) is 2. The normalized spacial score (nSPS) is 20.3. The van der Waals surface area contributed by atoms with Gasteiger partial charge in [0.2, 0.25) is 11.8 Å². The van der Waals surface area contributed by atoms with Crippen LogP contribution in [-0.2, 0) is 4.79 Å². The molecule has 0 saturated heterocycles. The van der Waals surface area contributed by atoms with Crippen molar-refractivity contribution in [3.8, 4) is 11.5 Å². The molecule has 2 atom stereocenters. The van der Waals surface area contributed by atoms with Crippen molar-refractivity contribution in [2.45, 2.75) is 45.6 Å². The first-order valence-corrected chi connectivity index (χ1v) is 8.14. The number of nitrogens with one attached hydrogen (secondary N) is 1. The smallest absolute Gasteiger partial charge is 0.227 e. The summed E-state index contributed by atoms with van der Waals surface area (Å²) in [5.74, 6) is 1.45. The van der Waals surface area contributed by atoms with Gasteiger partial charge in [-0.15, -0.1) is 12.4 Å². The Balaban J connectivity index is 0.00000208. The Morgan fingerprint density at radius 3 is 2.79 bits per heavy atom. The number of carbonyl (C=O) groups excluding carboxylic acids is 1. The molecule has 3 rings (SSSR count). The molecular weight excluding hydrogens is 326 g/mol. The molecule has 1 aromatic carbocycles. The van der Waals surface area contributed by atoms with E-state index in [0.29, 0.717) is 5.89 Å². The summed E-state index contributed by atoms with van der Waals surface area (Å²) in [7, 11) is 0. The van der Waals surface area contributed by atoms with E-state index in [1.54, 1.807) is 0 Å². The van der Waals surface area contributed by atoms with Gasteiger partial charge in [0, 0.05) is 23.2 Å². The molecule has 3 N–H and O–H groups in total. The molecule has 5 nitrogen and oxygen atoms in total. The van der Waals surface area contributed by atoms with Gasteiger partial charge in [-0.25, -0.2) is 4.98 Å². The Morgan fingerprint density at radius 2 is 2.12 bits per heavy atom. The molecule has 6 heteroatoms. The summed E-state index contributed by atoms with van der Waals surface area (Å²) < 4.78 is 5.65. The molecule has 1 aromatic heterocycles. The van der Waals surface area contributed by atoms with Gasteiger partial charge in [0.1, 0.15) is 5.76 Å². The quantitative estimate of drug-likeness (QED) is 0.882. The van der Waals surface area contributed by atoms with Gasteiger partial charge in [-0.2, -0.15) is 0 Å². The molecule has 1 saturated carbocycles. The van der Waals surface area contributed by atoms with Crippen molar-refractivity contribution in [3.05, 3.63) is 35.7 Å². The summed E-state index contributed by atoms with van der Waals surface area (Å²) in [6.07, 6.45) is 3.72. The summed E-state index contributed by atoms with van der Waals surface area (Å²) in [5, 5.41) is 3.00. The van der Waals surface area contributed by atoms with Crippen molar-refractivity contribution in [2.75, 3.05) is 5.32 Å². The van der Waals surface area contributed by atoms with E-state index in [2.05, 4.69) is 10.3 Å². The predicted octanol–water partition coefficient (Wildman–Crippen LogP) is 3.84. The van der Waals surface area contributed by atoms with Gasteiger partial charge in [0.25, 0.3) is 0 Å². The van der Waals surface area contributed by atoms with Crippen molar-refractivity contribution in [2.24, 2.45) is 11.7 Å². The minimum absolute atomic E-state index is 0. The van der Waals surface area contributed by atoms with Gasteiger partial charge >= 0.3 is 0 Å². The van der Waals surface area contributed by atoms with Crippen molar-refractivity contribution in [1.29, 1.82) is 0 Å². The molecular formula is C18H24ClN3O2. The highest BCUT2D eigenvalue weighted by atomic mass is 35.5. The number of hydrogen-bond acceptors (Lipinski definition) is 4. The fourth-order valence-electron chi connectivity index (χ4n) is 3.04. The number of carbonyl (C=O) groups is 1. The number of benzene rings is 1. The maximum absolute atomic E-state index is 12.4. The van der Waals surface area contributed by atoms with Gasteiger partial charge in [0.15, 0.2) is 0 Å². The van der Waals surface area contributed by atoms with E-state index in [9.17, 15) is 4.79 Å². The Morgan fingerprint density at radius 1 is 1.33 bits per heavy atom. The number of aromatic nitrogens is 1. The monoisotopic (exact) mass is 349 g/mol. The summed E-state index contributed by atoms with van der Waals surface area (Å²) in [6.45, 7) is 3.81. The third kappa shape index (κ3) is 4.16. The third-order valence-electron chi connectivity index (χ3n) is 4.49. The second kappa shape index (κ2) is 7.81. The molecule has 0 bridgehead atoms. The van der Waals surface area contributed by atoms with Crippen LogP contribution in [0.25, 0.3) is 11.5 Å². The van der Waals surface area contributed by atoms with E-state index in [1.807, 2.05) is 38.1 Å². The van der Waals surface area contributed by atoms with Gasteiger partial charge in [-0.3, -0.25) is 4.79 Å². The van der Waals surface area contributed by atoms with Gasteiger partial charge in [-0.05, 0) is 51.3 Å². The van der Waals surface area contributed by atoms with Crippen LogP contribution in [0, 0.1) is 19.8 Å². The first-order chi connectivity index (χ1) is 11.0. The van der Waals surface area contributed by atoms with Crippen LogP contribution in [0.2, 0.25) is 0 Å². The number of nitrogens with zero attached hydrogens (tertiary/aromatic N) is 1. The molecule has 1 aliphatic rings. The first-order valence-electron chi connectivity index (χ1n) is 8.14. The maximum Gasteiger partial charge on any atom is 0.227 e. The lowest BCUT2D eigenvalue weighted by Crippen LogP contribution is -2.34.